The monoisotopic (exact) mass is 320 g/mol. The molecule has 24 heavy (non-hydrogen) atoms. The van der Waals surface area contributed by atoms with Crippen LogP contribution in [0.25, 0.3) is 0 Å². The van der Waals surface area contributed by atoms with Crippen LogP contribution < -0.4 is 4.90 Å². The fourth-order valence-electron chi connectivity index (χ4n) is 3.74. The SMILES string of the molecule is CN1C(=O)C[C@H](C(=O)N2CC[C@H]2c2ccccc2)c2ccccc21. The molecule has 0 radical (unpaired) electrons. The van der Waals surface area contributed by atoms with Gasteiger partial charge in [-0.15, -0.1) is 0 Å². The first-order valence-corrected chi connectivity index (χ1v) is 8.37. The number of rotatable bonds is 2. The minimum atomic E-state index is -0.364. The predicted molar refractivity (Wildman–Crippen MR) is 92.7 cm³/mol. The summed E-state index contributed by atoms with van der Waals surface area (Å²) in [6.45, 7) is 0.765. The van der Waals surface area contributed by atoms with Gasteiger partial charge in [0.15, 0.2) is 0 Å². The van der Waals surface area contributed by atoms with E-state index in [1.54, 1.807) is 11.9 Å². The second-order valence-electron chi connectivity index (χ2n) is 6.52. The molecule has 0 N–H and O–H groups in total. The fraction of sp³-hybridized carbons (Fsp3) is 0.300. The highest BCUT2D eigenvalue weighted by Crippen LogP contribution is 2.41. The molecule has 0 aromatic heterocycles. The average Bonchev–Trinajstić information content (AvgIpc) is 2.58. The molecule has 2 heterocycles. The van der Waals surface area contributed by atoms with Gasteiger partial charge >= 0.3 is 0 Å². The van der Waals surface area contributed by atoms with Crippen LogP contribution in [0.15, 0.2) is 54.6 Å². The quantitative estimate of drug-likeness (QED) is 0.853. The van der Waals surface area contributed by atoms with Crippen LogP contribution in [0.4, 0.5) is 5.69 Å². The van der Waals surface area contributed by atoms with E-state index in [0.717, 1.165) is 24.2 Å². The third kappa shape index (κ3) is 2.30. The van der Waals surface area contributed by atoms with Crippen molar-refractivity contribution in [2.75, 3.05) is 18.5 Å². The highest BCUT2D eigenvalue weighted by Gasteiger charge is 2.41. The molecule has 4 rings (SSSR count). The zero-order valence-electron chi connectivity index (χ0n) is 13.7. The van der Waals surface area contributed by atoms with E-state index in [9.17, 15) is 9.59 Å². The van der Waals surface area contributed by atoms with E-state index in [0.29, 0.717) is 0 Å². The normalized spacial score (nSPS) is 22.8. The molecule has 122 valence electrons. The van der Waals surface area contributed by atoms with Gasteiger partial charge in [0, 0.05) is 25.7 Å². The first kappa shape index (κ1) is 14.9. The minimum Gasteiger partial charge on any atom is -0.335 e. The average molecular weight is 320 g/mol. The molecule has 2 aliphatic rings. The van der Waals surface area contributed by atoms with Crippen LogP contribution in [-0.2, 0) is 9.59 Å². The van der Waals surface area contributed by atoms with Crippen LogP contribution in [0.3, 0.4) is 0 Å². The molecule has 2 aromatic carbocycles. The van der Waals surface area contributed by atoms with Crippen molar-refractivity contribution in [3.05, 3.63) is 65.7 Å². The Balaban J connectivity index is 1.63. The van der Waals surface area contributed by atoms with E-state index in [-0.39, 0.29) is 30.2 Å². The van der Waals surface area contributed by atoms with Crippen LogP contribution in [0, 0.1) is 0 Å². The minimum absolute atomic E-state index is 0.00355. The standard InChI is InChI=1S/C20H20N2O2/c1-21-18-10-6-5-9-15(18)16(13-19(21)23)20(24)22-12-11-17(22)14-7-3-2-4-8-14/h2-10,16-17H,11-13H2,1H3/t16-,17-/m0/s1. The van der Waals surface area contributed by atoms with Crippen molar-refractivity contribution in [3.8, 4) is 0 Å². The van der Waals surface area contributed by atoms with Gasteiger partial charge in [0.1, 0.15) is 0 Å². The number of benzene rings is 2. The van der Waals surface area contributed by atoms with E-state index in [1.165, 1.54) is 5.56 Å². The lowest BCUT2D eigenvalue weighted by Crippen LogP contribution is -2.49. The summed E-state index contributed by atoms with van der Waals surface area (Å²) in [5, 5.41) is 0. The molecule has 2 amide bonds. The predicted octanol–water partition coefficient (Wildman–Crippen LogP) is 3.11. The van der Waals surface area contributed by atoms with Crippen molar-refractivity contribution in [1.82, 2.24) is 4.90 Å². The largest absolute Gasteiger partial charge is 0.335 e. The number of carbonyl (C=O) groups is 2. The zero-order chi connectivity index (χ0) is 16.7. The summed E-state index contributed by atoms with van der Waals surface area (Å²) in [6, 6.07) is 18.0. The Bertz CT molecular complexity index is 787. The van der Waals surface area contributed by atoms with Crippen LogP contribution in [-0.4, -0.2) is 30.3 Å². The second-order valence-corrected chi connectivity index (χ2v) is 6.52. The maximum atomic E-state index is 13.1. The lowest BCUT2D eigenvalue weighted by Gasteiger charge is -2.44. The molecule has 0 spiro atoms. The third-order valence-electron chi connectivity index (χ3n) is 5.21. The molecule has 0 aliphatic carbocycles. The third-order valence-corrected chi connectivity index (χ3v) is 5.21. The van der Waals surface area contributed by atoms with Crippen molar-refractivity contribution in [2.45, 2.75) is 24.8 Å². The Kier molecular flexibility index (Phi) is 3.60. The Morgan fingerprint density at radius 3 is 2.46 bits per heavy atom. The molecule has 2 aliphatic heterocycles. The van der Waals surface area contributed by atoms with Gasteiger partial charge in [-0.1, -0.05) is 48.5 Å². The molecule has 2 aromatic rings. The number of nitrogens with zero attached hydrogens (tertiary/aromatic N) is 2. The van der Waals surface area contributed by atoms with Crippen molar-refractivity contribution in [3.63, 3.8) is 0 Å². The van der Waals surface area contributed by atoms with Gasteiger partial charge < -0.3 is 9.80 Å². The topological polar surface area (TPSA) is 40.6 Å². The van der Waals surface area contributed by atoms with Gasteiger partial charge in [0.25, 0.3) is 0 Å². The smallest absolute Gasteiger partial charge is 0.231 e. The van der Waals surface area contributed by atoms with Gasteiger partial charge in [0.05, 0.1) is 12.0 Å². The maximum absolute atomic E-state index is 13.1. The number of fused-ring (bicyclic) bond motifs is 1. The molecule has 2 atom stereocenters. The van der Waals surface area contributed by atoms with Crippen LogP contribution in [0.5, 0.6) is 0 Å². The van der Waals surface area contributed by atoms with Crippen LogP contribution in [0.1, 0.15) is 35.9 Å². The summed E-state index contributed by atoms with van der Waals surface area (Å²) < 4.78 is 0. The first-order valence-electron chi connectivity index (χ1n) is 8.37. The summed E-state index contributed by atoms with van der Waals surface area (Å²) in [7, 11) is 1.78. The van der Waals surface area contributed by atoms with Gasteiger partial charge in [-0.2, -0.15) is 0 Å². The summed E-state index contributed by atoms with van der Waals surface area (Å²) in [5.74, 6) is -0.288. The highest BCUT2D eigenvalue weighted by atomic mass is 16.2. The molecule has 4 heteroatoms. The maximum Gasteiger partial charge on any atom is 0.231 e. The summed E-state index contributed by atoms with van der Waals surface area (Å²) >= 11 is 0. The summed E-state index contributed by atoms with van der Waals surface area (Å²) in [4.78, 5) is 29.0. The first-order chi connectivity index (χ1) is 11.7. The number of anilines is 1. The molecule has 0 saturated carbocycles. The van der Waals surface area contributed by atoms with Crippen molar-refractivity contribution in [1.29, 1.82) is 0 Å². The fourth-order valence-corrected chi connectivity index (χ4v) is 3.74. The zero-order valence-corrected chi connectivity index (χ0v) is 13.7. The Labute approximate surface area is 141 Å². The number of amides is 2. The van der Waals surface area contributed by atoms with Gasteiger partial charge in [-0.25, -0.2) is 0 Å². The van der Waals surface area contributed by atoms with Crippen LogP contribution >= 0.6 is 0 Å². The van der Waals surface area contributed by atoms with Crippen molar-refractivity contribution in [2.24, 2.45) is 0 Å². The van der Waals surface area contributed by atoms with E-state index in [1.807, 2.05) is 47.4 Å². The number of likely N-dealkylation sites (tertiary alicyclic amines) is 1. The number of hydrogen-bond acceptors (Lipinski definition) is 2. The lowest BCUT2D eigenvalue weighted by molar-refractivity contribution is -0.142. The number of carbonyl (C=O) groups excluding carboxylic acids is 2. The molecular formula is C20H20N2O2. The molecular weight excluding hydrogens is 300 g/mol. The molecule has 1 saturated heterocycles. The molecule has 1 fully saturated rings. The van der Waals surface area contributed by atoms with Crippen molar-refractivity contribution < 1.29 is 9.59 Å². The van der Waals surface area contributed by atoms with E-state index >= 15 is 0 Å². The summed E-state index contributed by atoms with van der Waals surface area (Å²) in [5.41, 5.74) is 2.98. The Morgan fingerprint density at radius 1 is 1.04 bits per heavy atom. The Morgan fingerprint density at radius 2 is 1.75 bits per heavy atom. The highest BCUT2D eigenvalue weighted by molar-refractivity contribution is 6.02. The Hall–Kier alpha value is -2.62. The number of hydrogen-bond donors (Lipinski definition) is 0. The van der Waals surface area contributed by atoms with Crippen molar-refractivity contribution >= 4 is 17.5 Å². The van der Waals surface area contributed by atoms with E-state index < -0.39 is 0 Å². The van der Waals surface area contributed by atoms with Gasteiger partial charge in [-0.3, -0.25) is 9.59 Å². The second kappa shape index (κ2) is 5.78. The molecule has 4 nitrogen and oxygen atoms in total. The molecule has 0 unspecified atom stereocenters. The number of para-hydroxylation sites is 1. The van der Waals surface area contributed by atoms with Gasteiger partial charge in [0.2, 0.25) is 11.8 Å². The summed E-state index contributed by atoms with van der Waals surface area (Å²) in [6.07, 6.45) is 1.24. The molecule has 0 bridgehead atoms. The lowest BCUT2D eigenvalue weighted by atomic mass is 9.85. The van der Waals surface area contributed by atoms with E-state index in [4.69, 9.17) is 0 Å². The van der Waals surface area contributed by atoms with Crippen LogP contribution in [0.2, 0.25) is 0 Å². The van der Waals surface area contributed by atoms with E-state index in [2.05, 4.69) is 12.1 Å². The van der Waals surface area contributed by atoms with Gasteiger partial charge in [-0.05, 0) is 23.6 Å².